The van der Waals surface area contributed by atoms with Gasteiger partial charge in [0.15, 0.2) is 4.90 Å². The molecule has 0 saturated carbocycles. The van der Waals surface area contributed by atoms with Crippen LogP contribution in [0.3, 0.4) is 0 Å². The minimum Gasteiger partial charge on any atom is -0.385 e. The van der Waals surface area contributed by atoms with E-state index in [1.165, 1.54) is 29.5 Å². The first kappa shape index (κ1) is 15.3. The van der Waals surface area contributed by atoms with E-state index in [0.29, 0.717) is 17.9 Å². The summed E-state index contributed by atoms with van der Waals surface area (Å²) in [6.45, 7) is 2.43. The minimum atomic E-state index is -4.02. The molecule has 2 aromatic rings. The third-order valence-electron chi connectivity index (χ3n) is 2.60. The fraction of sp³-hybridized carbons (Fsp3) is 0.167. The maximum absolute atomic E-state index is 12.3. The zero-order valence-electron chi connectivity index (χ0n) is 11.1. The van der Waals surface area contributed by atoms with E-state index in [1.54, 1.807) is 16.8 Å². The normalized spacial score (nSPS) is 11.1. The Morgan fingerprint density at radius 1 is 1.29 bits per heavy atom. The molecule has 0 bridgehead atoms. The monoisotopic (exact) mass is 327 g/mol. The van der Waals surface area contributed by atoms with Crippen molar-refractivity contribution in [1.29, 1.82) is 0 Å². The van der Waals surface area contributed by atoms with Gasteiger partial charge in [-0.1, -0.05) is 0 Å². The average molecular weight is 327 g/mol. The van der Waals surface area contributed by atoms with E-state index < -0.39 is 20.6 Å². The van der Waals surface area contributed by atoms with Gasteiger partial charge in [-0.2, -0.15) is 11.3 Å². The summed E-state index contributed by atoms with van der Waals surface area (Å²) in [6.07, 6.45) is 0. The van der Waals surface area contributed by atoms with Crippen molar-refractivity contribution < 1.29 is 13.3 Å². The summed E-state index contributed by atoms with van der Waals surface area (Å²) >= 11 is 1.32. The van der Waals surface area contributed by atoms with E-state index in [1.807, 2.05) is 6.92 Å². The van der Waals surface area contributed by atoms with Gasteiger partial charge in [-0.3, -0.25) is 14.8 Å². The molecule has 0 unspecified atom stereocenters. The van der Waals surface area contributed by atoms with Crippen LogP contribution in [0.2, 0.25) is 0 Å². The molecular weight excluding hydrogens is 314 g/mol. The molecule has 0 aliphatic heterocycles. The Bertz CT molecular complexity index is 742. The van der Waals surface area contributed by atoms with Crippen LogP contribution in [0.5, 0.6) is 0 Å². The molecule has 9 heteroatoms. The molecule has 7 nitrogen and oxygen atoms in total. The van der Waals surface area contributed by atoms with Crippen LogP contribution in [0.25, 0.3) is 0 Å². The first-order chi connectivity index (χ1) is 9.94. The first-order valence-corrected chi connectivity index (χ1v) is 8.44. The number of nitrogens with one attached hydrogen (secondary N) is 2. The van der Waals surface area contributed by atoms with Crippen molar-refractivity contribution in [2.24, 2.45) is 0 Å². The van der Waals surface area contributed by atoms with Crippen LogP contribution < -0.4 is 10.0 Å². The third-order valence-corrected chi connectivity index (χ3v) is 4.69. The Morgan fingerprint density at radius 2 is 2.05 bits per heavy atom. The molecular formula is C12H13N3O4S2. The molecule has 1 aromatic carbocycles. The Hall–Kier alpha value is -2.13. The number of thiophene rings is 1. The Morgan fingerprint density at radius 3 is 2.62 bits per heavy atom. The topological polar surface area (TPSA) is 101 Å². The lowest BCUT2D eigenvalue weighted by Crippen LogP contribution is -2.14. The fourth-order valence-corrected chi connectivity index (χ4v) is 3.64. The van der Waals surface area contributed by atoms with Crippen molar-refractivity contribution in [3.05, 3.63) is 45.1 Å². The molecule has 1 aromatic heterocycles. The highest BCUT2D eigenvalue weighted by Gasteiger charge is 2.26. The van der Waals surface area contributed by atoms with Crippen molar-refractivity contribution in [3.8, 4) is 0 Å². The lowest BCUT2D eigenvalue weighted by Gasteiger charge is -2.09. The molecule has 0 atom stereocenters. The summed E-state index contributed by atoms with van der Waals surface area (Å²) in [5.74, 6) is 0. The number of sulfonamides is 1. The van der Waals surface area contributed by atoms with Gasteiger partial charge < -0.3 is 5.32 Å². The average Bonchev–Trinajstić information content (AvgIpc) is 2.91. The molecule has 21 heavy (non-hydrogen) atoms. The standard InChI is InChI=1S/C12H13N3O4S2/c1-2-13-9-3-4-11(15(16)17)12(7-9)21(18,19)14-10-5-6-20-8-10/h3-8,13-14H,2H2,1H3. The number of anilines is 2. The first-order valence-electron chi connectivity index (χ1n) is 6.01. The van der Waals surface area contributed by atoms with Crippen molar-refractivity contribution in [2.45, 2.75) is 11.8 Å². The fourth-order valence-electron chi connectivity index (χ4n) is 1.73. The Kier molecular flexibility index (Phi) is 4.43. The molecule has 0 saturated heterocycles. The third kappa shape index (κ3) is 3.50. The van der Waals surface area contributed by atoms with Crippen LogP contribution in [0.4, 0.5) is 17.1 Å². The maximum Gasteiger partial charge on any atom is 0.290 e. The summed E-state index contributed by atoms with van der Waals surface area (Å²) in [5.41, 5.74) is 0.427. The number of nitrogens with zero attached hydrogens (tertiary/aromatic N) is 1. The predicted molar refractivity (Wildman–Crippen MR) is 82.4 cm³/mol. The van der Waals surface area contributed by atoms with Gasteiger partial charge in [0.25, 0.3) is 15.7 Å². The van der Waals surface area contributed by atoms with Crippen LogP contribution in [0, 0.1) is 10.1 Å². The van der Waals surface area contributed by atoms with Crippen molar-refractivity contribution in [2.75, 3.05) is 16.6 Å². The van der Waals surface area contributed by atoms with Crippen LogP contribution in [-0.2, 0) is 10.0 Å². The highest BCUT2D eigenvalue weighted by Crippen LogP contribution is 2.29. The molecule has 1 heterocycles. The second kappa shape index (κ2) is 6.10. The highest BCUT2D eigenvalue weighted by atomic mass is 32.2. The molecule has 0 fully saturated rings. The van der Waals surface area contributed by atoms with Gasteiger partial charge >= 0.3 is 0 Å². The van der Waals surface area contributed by atoms with Gasteiger partial charge in [-0.15, -0.1) is 0 Å². The summed E-state index contributed by atoms with van der Waals surface area (Å²) in [5, 5.41) is 17.3. The van der Waals surface area contributed by atoms with Crippen molar-refractivity contribution in [1.82, 2.24) is 0 Å². The SMILES string of the molecule is CCNc1ccc([N+](=O)[O-])c(S(=O)(=O)Nc2ccsc2)c1. The molecule has 112 valence electrons. The largest absolute Gasteiger partial charge is 0.385 e. The smallest absolute Gasteiger partial charge is 0.290 e. The number of hydrogen-bond donors (Lipinski definition) is 2. The van der Waals surface area contributed by atoms with Crippen LogP contribution in [-0.4, -0.2) is 19.9 Å². The molecule has 0 spiro atoms. The van der Waals surface area contributed by atoms with Gasteiger partial charge in [-0.25, -0.2) is 8.42 Å². The van der Waals surface area contributed by atoms with E-state index in [2.05, 4.69) is 10.0 Å². The summed E-state index contributed by atoms with van der Waals surface area (Å²) in [4.78, 5) is 9.96. The molecule has 2 rings (SSSR count). The predicted octanol–water partition coefficient (Wildman–Crippen LogP) is 2.89. The van der Waals surface area contributed by atoms with Crippen LogP contribution >= 0.6 is 11.3 Å². The van der Waals surface area contributed by atoms with Crippen molar-refractivity contribution >= 4 is 38.4 Å². The molecule has 0 radical (unpaired) electrons. The Balaban J connectivity index is 2.48. The maximum atomic E-state index is 12.3. The minimum absolute atomic E-state index is 0.364. The van der Waals surface area contributed by atoms with E-state index in [0.717, 1.165) is 0 Å². The second-order valence-electron chi connectivity index (χ2n) is 4.09. The zero-order valence-corrected chi connectivity index (χ0v) is 12.7. The number of rotatable bonds is 6. The van der Waals surface area contributed by atoms with E-state index in [9.17, 15) is 18.5 Å². The number of nitro benzene ring substituents is 1. The second-order valence-corrected chi connectivity index (χ2v) is 6.52. The van der Waals surface area contributed by atoms with Crippen molar-refractivity contribution in [3.63, 3.8) is 0 Å². The molecule has 0 aliphatic carbocycles. The number of hydrogen-bond acceptors (Lipinski definition) is 6. The number of benzene rings is 1. The lowest BCUT2D eigenvalue weighted by atomic mass is 10.3. The molecule has 2 N–H and O–H groups in total. The van der Waals surface area contributed by atoms with Gasteiger partial charge in [-0.05, 0) is 30.5 Å². The zero-order chi connectivity index (χ0) is 15.5. The van der Waals surface area contributed by atoms with Gasteiger partial charge in [0.1, 0.15) is 0 Å². The Labute approximate surface area is 125 Å². The van der Waals surface area contributed by atoms with E-state index >= 15 is 0 Å². The lowest BCUT2D eigenvalue weighted by molar-refractivity contribution is -0.387. The molecule has 0 aliphatic rings. The van der Waals surface area contributed by atoms with E-state index in [-0.39, 0.29) is 4.90 Å². The van der Waals surface area contributed by atoms with Crippen LogP contribution in [0.1, 0.15) is 6.92 Å². The summed E-state index contributed by atoms with van der Waals surface area (Å²) in [6, 6.07) is 5.50. The van der Waals surface area contributed by atoms with E-state index in [4.69, 9.17) is 0 Å². The summed E-state index contributed by atoms with van der Waals surface area (Å²) < 4.78 is 27.0. The summed E-state index contributed by atoms with van der Waals surface area (Å²) in [7, 11) is -4.02. The number of nitro groups is 1. The highest BCUT2D eigenvalue weighted by molar-refractivity contribution is 7.92. The van der Waals surface area contributed by atoms with Gasteiger partial charge in [0, 0.05) is 23.7 Å². The molecule has 0 amide bonds. The van der Waals surface area contributed by atoms with Crippen LogP contribution in [0.15, 0.2) is 39.9 Å². The van der Waals surface area contributed by atoms with Gasteiger partial charge in [0.05, 0.1) is 10.6 Å². The van der Waals surface area contributed by atoms with Gasteiger partial charge in [0.2, 0.25) is 0 Å². The quantitative estimate of drug-likeness (QED) is 0.627.